The average Bonchev–Trinajstić information content (AvgIpc) is 2.49. The fourth-order valence-electron chi connectivity index (χ4n) is 2.01. The lowest BCUT2D eigenvalue weighted by Gasteiger charge is -2.08. The van der Waals surface area contributed by atoms with Gasteiger partial charge in [0.25, 0.3) is 0 Å². The summed E-state index contributed by atoms with van der Waals surface area (Å²) in [6, 6.07) is 13.7. The minimum absolute atomic E-state index is 0.259. The molecule has 0 unspecified atom stereocenters. The van der Waals surface area contributed by atoms with E-state index in [1.807, 2.05) is 24.3 Å². The smallest absolute Gasteiger partial charge is 0.407 e. The molecule has 0 aliphatic rings. The van der Waals surface area contributed by atoms with E-state index >= 15 is 0 Å². The first-order valence-corrected chi connectivity index (χ1v) is 7.41. The molecule has 0 fully saturated rings. The SMILES string of the molecule is O=C(NCCc1cccc(F)c1)OCCc1ccccc1Cl. The summed E-state index contributed by atoms with van der Waals surface area (Å²) in [7, 11) is 0. The van der Waals surface area contributed by atoms with Gasteiger partial charge in [-0.1, -0.05) is 41.9 Å². The lowest BCUT2D eigenvalue weighted by molar-refractivity contribution is 0.147. The van der Waals surface area contributed by atoms with Gasteiger partial charge in [-0.25, -0.2) is 9.18 Å². The highest BCUT2D eigenvalue weighted by Gasteiger charge is 2.04. The molecule has 2 rings (SSSR count). The average molecular weight is 322 g/mol. The molecule has 0 radical (unpaired) electrons. The van der Waals surface area contributed by atoms with Crippen LogP contribution in [0.4, 0.5) is 9.18 Å². The summed E-state index contributed by atoms with van der Waals surface area (Å²) in [4.78, 5) is 11.5. The molecule has 0 aliphatic heterocycles. The van der Waals surface area contributed by atoms with Gasteiger partial charge in [0, 0.05) is 18.0 Å². The monoisotopic (exact) mass is 321 g/mol. The summed E-state index contributed by atoms with van der Waals surface area (Å²) in [6.07, 6.45) is 0.636. The van der Waals surface area contributed by atoms with Crippen LogP contribution in [-0.2, 0) is 17.6 Å². The van der Waals surface area contributed by atoms with E-state index < -0.39 is 6.09 Å². The van der Waals surface area contributed by atoms with E-state index in [0.717, 1.165) is 11.1 Å². The van der Waals surface area contributed by atoms with Gasteiger partial charge in [-0.15, -0.1) is 0 Å². The zero-order valence-electron chi connectivity index (χ0n) is 12.0. The topological polar surface area (TPSA) is 38.3 Å². The molecule has 3 nitrogen and oxygen atoms in total. The maximum atomic E-state index is 13.0. The van der Waals surface area contributed by atoms with Crippen LogP contribution in [0.15, 0.2) is 48.5 Å². The third kappa shape index (κ3) is 5.37. The van der Waals surface area contributed by atoms with Gasteiger partial charge in [0.2, 0.25) is 0 Å². The van der Waals surface area contributed by atoms with Crippen LogP contribution < -0.4 is 5.32 Å². The number of carbonyl (C=O) groups excluding carboxylic acids is 1. The Balaban J connectivity index is 1.65. The Labute approximate surface area is 134 Å². The van der Waals surface area contributed by atoms with Crippen molar-refractivity contribution in [3.63, 3.8) is 0 Å². The van der Waals surface area contributed by atoms with Crippen LogP contribution in [-0.4, -0.2) is 19.2 Å². The molecule has 1 amide bonds. The maximum Gasteiger partial charge on any atom is 0.407 e. The predicted molar refractivity (Wildman–Crippen MR) is 84.6 cm³/mol. The van der Waals surface area contributed by atoms with Crippen molar-refractivity contribution in [1.29, 1.82) is 0 Å². The van der Waals surface area contributed by atoms with Crippen LogP contribution >= 0.6 is 11.6 Å². The maximum absolute atomic E-state index is 13.0. The van der Waals surface area contributed by atoms with E-state index in [-0.39, 0.29) is 12.4 Å². The van der Waals surface area contributed by atoms with E-state index in [0.29, 0.717) is 24.4 Å². The first kappa shape index (κ1) is 16.3. The van der Waals surface area contributed by atoms with Crippen LogP contribution in [0.25, 0.3) is 0 Å². The number of benzene rings is 2. The summed E-state index contributed by atoms with van der Waals surface area (Å²) >= 11 is 6.02. The van der Waals surface area contributed by atoms with Crippen LogP contribution in [0, 0.1) is 5.82 Å². The largest absolute Gasteiger partial charge is 0.449 e. The fourth-order valence-corrected chi connectivity index (χ4v) is 2.24. The van der Waals surface area contributed by atoms with Crippen molar-refractivity contribution in [1.82, 2.24) is 5.32 Å². The molecule has 0 aromatic heterocycles. The molecular formula is C17H17ClFNO2. The Morgan fingerprint density at radius 2 is 1.95 bits per heavy atom. The predicted octanol–water partition coefficient (Wildman–Crippen LogP) is 3.99. The van der Waals surface area contributed by atoms with Gasteiger partial charge in [-0.2, -0.15) is 0 Å². The van der Waals surface area contributed by atoms with Crippen molar-refractivity contribution in [2.75, 3.05) is 13.2 Å². The van der Waals surface area contributed by atoms with Gasteiger partial charge >= 0.3 is 6.09 Å². The van der Waals surface area contributed by atoms with Gasteiger partial charge in [0.15, 0.2) is 0 Å². The number of alkyl carbamates (subject to hydrolysis) is 1. The number of rotatable bonds is 6. The van der Waals surface area contributed by atoms with Crippen molar-refractivity contribution >= 4 is 17.7 Å². The number of nitrogens with one attached hydrogen (secondary N) is 1. The zero-order chi connectivity index (χ0) is 15.8. The highest BCUT2D eigenvalue weighted by atomic mass is 35.5. The number of ether oxygens (including phenoxy) is 1. The molecule has 2 aromatic carbocycles. The summed E-state index contributed by atoms with van der Waals surface area (Å²) in [5.41, 5.74) is 1.77. The van der Waals surface area contributed by atoms with Crippen molar-refractivity contribution < 1.29 is 13.9 Å². The molecule has 116 valence electrons. The third-order valence-electron chi connectivity index (χ3n) is 3.13. The number of amides is 1. The van der Waals surface area contributed by atoms with Gasteiger partial charge in [0.05, 0.1) is 6.61 Å². The summed E-state index contributed by atoms with van der Waals surface area (Å²) in [5.74, 6) is -0.278. The van der Waals surface area contributed by atoms with Gasteiger partial charge < -0.3 is 10.1 Å². The Bertz CT molecular complexity index is 634. The standard InChI is InChI=1S/C17H17ClFNO2/c18-16-7-2-1-5-14(16)9-11-22-17(21)20-10-8-13-4-3-6-15(19)12-13/h1-7,12H,8-11H2,(H,20,21). The van der Waals surface area contributed by atoms with Crippen LogP contribution in [0.5, 0.6) is 0 Å². The molecule has 1 N–H and O–H groups in total. The second-order valence-corrected chi connectivity index (χ2v) is 5.19. The minimum Gasteiger partial charge on any atom is -0.449 e. The van der Waals surface area contributed by atoms with Crippen LogP contribution in [0.1, 0.15) is 11.1 Å². The fraction of sp³-hybridized carbons (Fsp3) is 0.235. The van der Waals surface area contributed by atoms with Crippen LogP contribution in [0.3, 0.4) is 0 Å². The lowest BCUT2D eigenvalue weighted by atomic mass is 10.1. The molecule has 0 aliphatic carbocycles. The summed E-state index contributed by atoms with van der Waals surface area (Å²) < 4.78 is 18.1. The molecule has 2 aromatic rings. The Morgan fingerprint density at radius 1 is 1.14 bits per heavy atom. The summed E-state index contributed by atoms with van der Waals surface area (Å²) in [6.45, 7) is 0.657. The van der Waals surface area contributed by atoms with E-state index in [1.165, 1.54) is 12.1 Å². The number of carbonyl (C=O) groups is 1. The molecule has 5 heteroatoms. The molecular weight excluding hydrogens is 305 g/mol. The second-order valence-electron chi connectivity index (χ2n) is 4.78. The molecule has 0 bridgehead atoms. The molecule has 22 heavy (non-hydrogen) atoms. The van der Waals surface area contributed by atoms with Gasteiger partial charge in [-0.05, 0) is 35.7 Å². The third-order valence-corrected chi connectivity index (χ3v) is 3.50. The van der Waals surface area contributed by atoms with Gasteiger partial charge in [-0.3, -0.25) is 0 Å². The Hall–Kier alpha value is -2.07. The number of hydrogen-bond acceptors (Lipinski definition) is 2. The van der Waals surface area contributed by atoms with E-state index in [1.54, 1.807) is 12.1 Å². The van der Waals surface area contributed by atoms with Crippen molar-refractivity contribution in [3.05, 3.63) is 70.5 Å². The summed E-state index contributed by atoms with van der Waals surface area (Å²) in [5, 5.41) is 3.30. The highest BCUT2D eigenvalue weighted by Crippen LogP contribution is 2.15. The van der Waals surface area contributed by atoms with E-state index in [4.69, 9.17) is 16.3 Å². The Kier molecular flexibility index (Phi) is 6.22. The number of hydrogen-bond donors (Lipinski definition) is 1. The lowest BCUT2D eigenvalue weighted by Crippen LogP contribution is -2.27. The first-order valence-electron chi connectivity index (χ1n) is 7.03. The second kappa shape index (κ2) is 8.39. The number of halogens is 2. The highest BCUT2D eigenvalue weighted by molar-refractivity contribution is 6.31. The van der Waals surface area contributed by atoms with Crippen molar-refractivity contribution in [2.24, 2.45) is 0 Å². The van der Waals surface area contributed by atoms with Crippen LogP contribution in [0.2, 0.25) is 5.02 Å². The molecule has 0 heterocycles. The first-order chi connectivity index (χ1) is 10.6. The molecule has 0 atom stereocenters. The molecule has 0 saturated carbocycles. The minimum atomic E-state index is -0.483. The Morgan fingerprint density at radius 3 is 2.73 bits per heavy atom. The molecule has 0 saturated heterocycles. The van der Waals surface area contributed by atoms with E-state index in [2.05, 4.69) is 5.32 Å². The zero-order valence-corrected chi connectivity index (χ0v) is 12.8. The van der Waals surface area contributed by atoms with Gasteiger partial charge in [0.1, 0.15) is 5.82 Å². The normalized spacial score (nSPS) is 10.3. The molecule has 0 spiro atoms. The quantitative estimate of drug-likeness (QED) is 0.873. The van der Waals surface area contributed by atoms with E-state index in [9.17, 15) is 9.18 Å². The van der Waals surface area contributed by atoms with Crippen molar-refractivity contribution in [3.8, 4) is 0 Å². The van der Waals surface area contributed by atoms with Crippen molar-refractivity contribution in [2.45, 2.75) is 12.8 Å².